The Morgan fingerprint density at radius 2 is 1.75 bits per heavy atom. The van der Waals surface area contributed by atoms with Crippen LogP contribution in [-0.4, -0.2) is 4.83 Å². The van der Waals surface area contributed by atoms with Gasteiger partial charge in [0, 0.05) is 4.83 Å². The molecule has 1 unspecified atom stereocenters. The predicted octanol–water partition coefficient (Wildman–Crippen LogP) is 4.81. The first-order valence-electron chi connectivity index (χ1n) is 5.23. The van der Waals surface area contributed by atoms with E-state index in [2.05, 4.69) is 22.9 Å². The maximum absolute atomic E-state index is 12.3. The van der Waals surface area contributed by atoms with Crippen LogP contribution in [0.5, 0.6) is 0 Å². The number of hydrogen-bond acceptors (Lipinski definition) is 0. The maximum atomic E-state index is 12.3. The smallest absolute Gasteiger partial charge is 0.166 e. The third-order valence-corrected chi connectivity index (χ3v) is 3.12. The predicted molar refractivity (Wildman–Crippen MR) is 62.8 cm³/mol. The highest BCUT2D eigenvalue weighted by atomic mass is 79.9. The summed E-state index contributed by atoms with van der Waals surface area (Å²) in [6.45, 7) is 2.08. The molecule has 0 aromatic heterocycles. The third-order valence-electron chi connectivity index (χ3n) is 2.34. The molecule has 0 N–H and O–H groups in total. The van der Waals surface area contributed by atoms with Gasteiger partial charge in [0.25, 0.3) is 0 Å². The molecule has 0 aliphatic heterocycles. The molecular weight excluding hydrogens is 281 g/mol. The summed E-state index contributed by atoms with van der Waals surface area (Å²) in [5.74, 6) is 0. The fourth-order valence-corrected chi connectivity index (χ4v) is 2.33. The van der Waals surface area contributed by atoms with Crippen LogP contribution in [0.1, 0.15) is 30.9 Å². The van der Waals surface area contributed by atoms with Crippen LogP contribution in [0.15, 0.2) is 24.3 Å². The van der Waals surface area contributed by atoms with Gasteiger partial charge in [0.05, 0.1) is 5.56 Å². The van der Waals surface area contributed by atoms with E-state index in [1.54, 1.807) is 12.1 Å². The molecule has 90 valence electrons. The van der Waals surface area contributed by atoms with Crippen LogP contribution >= 0.6 is 15.9 Å². The van der Waals surface area contributed by atoms with Gasteiger partial charge in [0.2, 0.25) is 0 Å². The number of alkyl halides is 4. The van der Waals surface area contributed by atoms with Crippen LogP contribution in [-0.2, 0) is 12.6 Å². The van der Waals surface area contributed by atoms with Gasteiger partial charge in [-0.1, -0.05) is 41.4 Å². The molecule has 0 amide bonds. The second-order valence-corrected chi connectivity index (χ2v) is 5.08. The molecule has 1 aromatic carbocycles. The Balaban J connectivity index is 2.65. The fraction of sp³-hybridized carbons (Fsp3) is 0.500. The van der Waals surface area contributed by atoms with Gasteiger partial charge in [-0.05, 0) is 30.5 Å². The number of hydrogen-bond donors (Lipinski definition) is 0. The maximum Gasteiger partial charge on any atom is 0.416 e. The summed E-state index contributed by atoms with van der Waals surface area (Å²) in [5.41, 5.74) is 0.348. The summed E-state index contributed by atoms with van der Waals surface area (Å²) in [5, 5.41) is 0. The van der Waals surface area contributed by atoms with Crippen molar-refractivity contribution in [3.05, 3.63) is 35.4 Å². The van der Waals surface area contributed by atoms with E-state index >= 15 is 0 Å². The van der Waals surface area contributed by atoms with E-state index in [9.17, 15) is 13.2 Å². The summed E-state index contributed by atoms with van der Waals surface area (Å²) in [6, 6.07) is 5.38. The first kappa shape index (κ1) is 13.6. The van der Waals surface area contributed by atoms with Crippen molar-refractivity contribution < 1.29 is 13.2 Å². The summed E-state index contributed by atoms with van der Waals surface area (Å²) in [6.07, 6.45) is -1.38. The quantitative estimate of drug-likeness (QED) is 0.699. The zero-order valence-corrected chi connectivity index (χ0v) is 10.6. The van der Waals surface area contributed by atoms with Crippen LogP contribution in [0.2, 0.25) is 0 Å². The van der Waals surface area contributed by atoms with Crippen LogP contribution in [0.4, 0.5) is 13.2 Å². The SMILES string of the molecule is CCCC(Br)Cc1ccc(C(F)(F)F)cc1. The topological polar surface area (TPSA) is 0 Å². The van der Waals surface area contributed by atoms with Crippen molar-refractivity contribution >= 4 is 15.9 Å². The van der Waals surface area contributed by atoms with Crippen molar-refractivity contribution in [2.45, 2.75) is 37.2 Å². The van der Waals surface area contributed by atoms with E-state index in [1.807, 2.05) is 0 Å². The minimum Gasteiger partial charge on any atom is -0.166 e. The number of benzene rings is 1. The molecule has 0 nitrogen and oxygen atoms in total. The van der Waals surface area contributed by atoms with Crippen molar-refractivity contribution in [2.75, 3.05) is 0 Å². The molecule has 16 heavy (non-hydrogen) atoms. The van der Waals surface area contributed by atoms with Gasteiger partial charge in [0.15, 0.2) is 0 Å². The molecule has 0 bridgehead atoms. The van der Waals surface area contributed by atoms with E-state index in [0.717, 1.165) is 37.0 Å². The van der Waals surface area contributed by atoms with Crippen molar-refractivity contribution in [2.24, 2.45) is 0 Å². The summed E-state index contributed by atoms with van der Waals surface area (Å²) >= 11 is 3.51. The van der Waals surface area contributed by atoms with Gasteiger partial charge in [-0.2, -0.15) is 13.2 Å². The fourth-order valence-electron chi connectivity index (χ4n) is 1.50. The largest absolute Gasteiger partial charge is 0.416 e. The lowest BCUT2D eigenvalue weighted by Gasteiger charge is -2.10. The second-order valence-electron chi connectivity index (χ2n) is 3.78. The van der Waals surface area contributed by atoms with Crippen LogP contribution in [0.3, 0.4) is 0 Å². The molecule has 0 heterocycles. The van der Waals surface area contributed by atoms with Gasteiger partial charge < -0.3 is 0 Å². The first-order chi connectivity index (χ1) is 7.43. The van der Waals surface area contributed by atoms with Crippen molar-refractivity contribution in [1.82, 2.24) is 0 Å². The van der Waals surface area contributed by atoms with Crippen molar-refractivity contribution in [3.8, 4) is 0 Å². The average molecular weight is 295 g/mol. The first-order valence-corrected chi connectivity index (χ1v) is 6.15. The molecule has 0 aliphatic rings. The standard InChI is InChI=1S/C12H14BrF3/c1-2-3-11(13)8-9-4-6-10(7-5-9)12(14,15)16/h4-7,11H,2-3,8H2,1H3. The molecule has 1 aromatic rings. The van der Waals surface area contributed by atoms with Crippen LogP contribution < -0.4 is 0 Å². The summed E-state index contributed by atoms with van der Waals surface area (Å²) in [7, 11) is 0. The molecule has 0 radical (unpaired) electrons. The minimum atomic E-state index is -4.24. The van der Waals surface area contributed by atoms with Gasteiger partial charge in [-0.15, -0.1) is 0 Å². The Labute approximate surface area is 102 Å². The highest BCUT2D eigenvalue weighted by Gasteiger charge is 2.29. The normalized spacial score (nSPS) is 13.8. The number of rotatable bonds is 4. The molecule has 0 spiro atoms. The van der Waals surface area contributed by atoms with E-state index < -0.39 is 11.7 Å². The lowest BCUT2D eigenvalue weighted by atomic mass is 10.1. The molecule has 1 atom stereocenters. The molecule has 1 rings (SSSR count). The Kier molecular flexibility index (Phi) is 4.84. The van der Waals surface area contributed by atoms with Crippen LogP contribution in [0, 0.1) is 0 Å². The third kappa shape index (κ3) is 4.16. The van der Waals surface area contributed by atoms with Gasteiger partial charge in [0.1, 0.15) is 0 Å². The molecular formula is C12H14BrF3. The van der Waals surface area contributed by atoms with Crippen LogP contribution in [0.25, 0.3) is 0 Å². The van der Waals surface area contributed by atoms with E-state index in [4.69, 9.17) is 0 Å². The number of halogens is 4. The zero-order chi connectivity index (χ0) is 12.2. The Bertz CT molecular complexity index is 316. The molecule has 0 aliphatic carbocycles. The lowest BCUT2D eigenvalue weighted by molar-refractivity contribution is -0.137. The lowest BCUT2D eigenvalue weighted by Crippen LogP contribution is -2.06. The van der Waals surface area contributed by atoms with Crippen molar-refractivity contribution in [1.29, 1.82) is 0 Å². The molecule has 4 heteroatoms. The Hall–Kier alpha value is -0.510. The Morgan fingerprint density at radius 1 is 1.19 bits per heavy atom. The average Bonchev–Trinajstić information content (AvgIpc) is 2.17. The van der Waals surface area contributed by atoms with E-state index in [1.165, 1.54) is 0 Å². The minimum absolute atomic E-state index is 0.342. The monoisotopic (exact) mass is 294 g/mol. The second kappa shape index (κ2) is 5.71. The van der Waals surface area contributed by atoms with Gasteiger partial charge >= 0.3 is 6.18 Å². The van der Waals surface area contributed by atoms with Crippen molar-refractivity contribution in [3.63, 3.8) is 0 Å². The van der Waals surface area contributed by atoms with E-state index in [-0.39, 0.29) is 0 Å². The highest BCUT2D eigenvalue weighted by Crippen LogP contribution is 2.29. The van der Waals surface area contributed by atoms with Gasteiger partial charge in [-0.25, -0.2) is 0 Å². The van der Waals surface area contributed by atoms with E-state index in [0.29, 0.717) is 4.83 Å². The van der Waals surface area contributed by atoms with Gasteiger partial charge in [-0.3, -0.25) is 0 Å². The highest BCUT2D eigenvalue weighted by molar-refractivity contribution is 9.09. The zero-order valence-electron chi connectivity index (χ0n) is 9.02. The molecule has 0 saturated heterocycles. The Morgan fingerprint density at radius 3 is 2.19 bits per heavy atom. The molecule has 0 saturated carbocycles. The molecule has 0 fully saturated rings. The summed E-state index contributed by atoms with van der Waals surface area (Å²) in [4.78, 5) is 0.342. The summed E-state index contributed by atoms with van der Waals surface area (Å²) < 4.78 is 36.9.